The molecule has 0 saturated heterocycles. The van der Waals surface area contributed by atoms with Crippen LogP contribution in [0, 0.1) is 6.92 Å². The van der Waals surface area contributed by atoms with Crippen LogP contribution in [-0.4, -0.2) is 17.6 Å². The van der Waals surface area contributed by atoms with Gasteiger partial charge in [0.05, 0.1) is 5.41 Å². The van der Waals surface area contributed by atoms with E-state index in [-0.39, 0.29) is 5.69 Å². The van der Waals surface area contributed by atoms with Crippen LogP contribution in [-0.2, 0) is 15.6 Å². The number of carbonyl (C=O) groups is 1. The first-order valence-corrected chi connectivity index (χ1v) is 15.2. The van der Waals surface area contributed by atoms with Crippen molar-refractivity contribution < 1.29 is 18.0 Å². The summed E-state index contributed by atoms with van der Waals surface area (Å²) in [5, 5.41) is 0. The van der Waals surface area contributed by atoms with Gasteiger partial charge in [-0.3, -0.25) is 9.69 Å². The Balaban J connectivity index is 1.73. The van der Waals surface area contributed by atoms with Crippen LogP contribution >= 0.6 is 0 Å². The Kier molecular flexibility index (Phi) is 7.47. The third kappa shape index (κ3) is 5.04. The van der Waals surface area contributed by atoms with Crippen LogP contribution in [0.15, 0.2) is 133 Å². The lowest BCUT2D eigenvalue weighted by Gasteiger charge is -2.52. The van der Waals surface area contributed by atoms with E-state index in [1.807, 2.05) is 85.8 Å². The van der Waals surface area contributed by atoms with Crippen LogP contribution in [0.5, 0.6) is 0 Å². The first-order chi connectivity index (χ1) is 21.4. The molecular formula is C40H36F3NO. The summed E-state index contributed by atoms with van der Waals surface area (Å²) in [6.45, 7) is 7.55. The Morgan fingerprint density at radius 1 is 0.644 bits per heavy atom. The molecule has 5 aromatic rings. The number of aryl methyl sites for hydroxylation is 1. The van der Waals surface area contributed by atoms with Gasteiger partial charge in [-0.15, -0.1) is 0 Å². The van der Waals surface area contributed by atoms with Crippen molar-refractivity contribution >= 4 is 11.6 Å². The van der Waals surface area contributed by atoms with Crippen LogP contribution in [0.4, 0.5) is 18.9 Å². The van der Waals surface area contributed by atoms with Gasteiger partial charge < -0.3 is 0 Å². The van der Waals surface area contributed by atoms with Crippen LogP contribution in [0.1, 0.15) is 66.1 Å². The minimum Gasteiger partial charge on any atom is -0.299 e. The lowest BCUT2D eigenvalue weighted by atomic mass is 9.61. The Labute approximate surface area is 263 Å². The maximum Gasteiger partial charge on any atom is 0.471 e. The second-order valence-corrected chi connectivity index (χ2v) is 12.9. The number of halogens is 3. The van der Waals surface area contributed by atoms with Crippen molar-refractivity contribution in [1.29, 1.82) is 0 Å². The maximum atomic E-state index is 14.2. The standard InChI is InChI=1S/C40H36F3NO/c1-28-20-22-29(23-21-28)38(4)27-37(2,3)44(36(45)40(41,42)43)35-25-24-33(26-34(35)38)39(30-14-8-5-9-15-30,31-16-10-6-11-17-31)32-18-12-7-13-19-32/h5-26H,27H2,1-4H3/t38-/m1/s1. The molecule has 0 radical (unpaired) electrons. The smallest absolute Gasteiger partial charge is 0.299 e. The molecule has 0 aliphatic carbocycles. The molecule has 0 aromatic heterocycles. The number of anilines is 1. The number of carbonyl (C=O) groups excluding carboxylic acids is 1. The van der Waals surface area contributed by atoms with Gasteiger partial charge in [-0.2, -0.15) is 13.2 Å². The molecule has 5 heteroatoms. The topological polar surface area (TPSA) is 20.3 Å². The number of hydrogen-bond acceptors (Lipinski definition) is 1. The van der Waals surface area contributed by atoms with Crippen molar-refractivity contribution in [2.24, 2.45) is 0 Å². The number of benzene rings is 5. The zero-order valence-corrected chi connectivity index (χ0v) is 25.9. The Hall–Kier alpha value is -4.64. The van der Waals surface area contributed by atoms with Crippen molar-refractivity contribution in [3.63, 3.8) is 0 Å². The summed E-state index contributed by atoms with van der Waals surface area (Å²) in [7, 11) is 0. The molecule has 5 aromatic carbocycles. The maximum absolute atomic E-state index is 14.2. The molecular weight excluding hydrogens is 567 g/mol. The minimum absolute atomic E-state index is 0.281. The molecule has 228 valence electrons. The fraction of sp³-hybridized carbons (Fsp3) is 0.225. The Morgan fingerprint density at radius 3 is 1.56 bits per heavy atom. The molecule has 0 unspecified atom stereocenters. The first kappa shape index (κ1) is 30.4. The molecule has 45 heavy (non-hydrogen) atoms. The summed E-state index contributed by atoms with van der Waals surface area (Å²) in [5.41, 5.74) is 4.44. The van der Waals surface area contributed by atoms with Crippen molar-refractivity contribution in [1.82, 2.24) is 0 Å². The van der Waals surface area contributed by atoms with Crippen molar-refractivity contribution in [3.05, 3.63) is 172 Å². The van der Waals surface area contributed by atoms with E-state index in [1.165, 1.54) is 0 Å². The molecule has 0 fully saturated rings. The zero-order chi connectivity index (χ0) is 32.0. The van der Waals surface area contributed by atoms with E-state index in [1.54, 1.807) is 19.9 Å². The SMILES string of the molecule is Cc1ccc([C@@]2(C)CC(C)(C)N(C(=O)C(F)(F)F)c3ccc(C(c4ccccc4)(c4ccccc4)c4ccccc4)cc32)cc1. The third-order valence-corrected chi connectivity index (χ3v) is 9.41. The van der Waals surface area contributed by atoms with Gasteiger partial charge in [-0.05, 0) is 66.6 Å². The summed E-state index contributed by atoms with van der Waals surface area (Å²) in [6.07, 6.45) is -4.72. The van der Waals surface area contributed by atoms with Crippen molar-refractivity contribution in [2.75, 3.05) is 4.90 Å². The molecule has 1 aliphatic rings. The predicted molar refractivity (Wildman–Crippen MR) is 175 cm³/mol. The summed E-state index contributed by atoms with van der Waals surface area (Å²) in [4.78, 5) is 14.1. The van der Waals surface area contributed by atoms with Gasteiger partial charge in [0.15, 0.2) is 0 Å². The van der Waals surface area contributed by atoms with Gasteiger partial charge in [0, 0.05) is 16.6 Å². The highest BCUT2D eigenvalue weighted by molar-refractivity contribution is 6.00. The molecule has 0 bridgehead atoms. The normalized spacial score (nSPS) is 17.9. The summed E-state index contributed by atoms with van der Waals surface area (Å²) in [6, 6.07) is 44.5. The minimum atomic E-state index is -5.02. The third-order valence-electron chi connectivity index (χ3n) is 9.41. The zero-order valence-electron chi connectivity index (χ0n) is 25.9. The van der Waals surface area contributed by atoms with Gasteiger partial charge in [0.2, 0.25) is 0 Å². The molecule has 6 rings (SSSR count). The fourth-order valence-corrected chi connectivity index (χ4v) is 7.53. The van der Waals surface area contributed by atoms with E-state index in [0.717, 1.165) is 38.3 Å². The number of rotatable bonds is 5. The number of alkyl halides is 3. The highest BCUT2D eigenvalue weighted by Gasteiger charge is 2.54. The van der Waals surface area contributed by atoms with Crippen LogP contribution in [0.2, 0.25) is 0 Å². The largest absolute Gasteiger partial charge is 0.471 e. The van der Waals surface area contributed by atoms with E-state index in [2.05, 4.69) is 55.5 Å². The highest BCUT2D eigenvalue weighted by Crippen LogP contribution is 2.54. The molecule has 1 atom stereocenters. The van der Waals surface area contributed by atoms with E-state index >= 15 is 0 Å². The summed E-state index contributed by atoms with van der Waals surface area (Å²) >= 11 is 0. The van der Waals surface area contributed by atoms with Gasteiger partial charge in [0.25, 0.3) is 0 Å². The quantitative estimate of drug-likeness (QED) is 0.183. The summed E-state index contributed by atoms with van der Waals surface area (Å²) < 4.78 is 42.5. The second kappa shape index (κ2) is 11.1. The van der Waals surface area contributed by atoms with E-state index in [9.17, 15) is 18.0 Å². The van der Waals surface area contributed by atoms with Crippen LogP contribution in [0.3, 0.4) is 0 Å². The molecule has 2 nitrogen and oxygen atoms in total. The van der Waals surface area contributed by atoms with E-state index in [0.29, 0.717) is 12.0 Å². The average molecular weight is 604 g/mol. The average Bonchev–Trinajstić information content (AvgIpc) is 3.02. The second-order valence-electron chi connectivity index (χ2n) is 12.9. The van der Waals surface area contributed by atoms with Gasteiger partial charge in [-0.25, -0.2) is 0 Å². The van der Waals surface area contributed by atoms with E-state index in [4.69, 9.17) is 0 Å². The molecule has 1 amide bonds. The van der Waals surface area contributed by atoms with Crippen LogP contribution in [0.25, 0.3) is 0 Å². The fourth-order valence-electron chi connectivity index (χ4n) is 7.53. The van der Waals surface area contributed by atoms with Crippen molar-refractivity contribution in [3.8, 4) is 0 Å². The van der Waals surface area contributed by atoms with Crippen molar-refractivity contribution in [2.45, 2.75) is 56.7 Å². The van der Waals surface area contributed by atoms with Gasteiger partial charge in [0.1, 0.15) is 0 Å². The molecule has 1 heterocycles. The molecule has 0 saturated carbocycles. The lowest BCUT2D eigenvalue weighted by Crippen LogP contribution is -2.59. The van der Waals surface area contributed by atoms with Gasteiger partial charge >= 0.3 is 12.1 Å². The number of fused-ring (bicyclic) bond motifs is 1. The first-order valence-electron chi connectivity index (χ1n) is 15.2. The predicted octanol–water partition coefficient (Wildman–Crippen LogP) is 9.76. The number of hydrogen-bond donors (Lipinski definition) is 0. The Morgan fingerprint density at radius 2 is 1.11 bits per heavy atom. The molecule has 1 aliphatic heterocycles. The lowest BCUT2D eigenvalue weighted by molar-refractivity contribution is -0.172. The number of nitrogens with zero attached hydrogens (tertiary/aromatic N) is 1. The monoisotopic (exact) mass is 603 g/mol. The highest BCUT2D eigenvalue weighted by atomic mass is 19.4. The van der Waals surface area contributed by atoms with E-state index < -0.39 is 28.5 Å². The van der Waals surface area contributed by atoms with Gasteiger partial charge in [-0.1, -0.05) is 140 Å². The number of amides is 1. The van der Waals surface area contributed by atoms with Crippen LogP contribution < -0.4 is 4.90 Å². The molecule has 0 N–H and O–H groups in total. The molecule has 0 spiro atoms. The summed E-state index contributed by atoms with van der Waals surface area (Å²) in [5.74, 6) is -1.85. The Bertz CT molecular complexity index is 1720.